The molecule has 3 aliphatic rings. The maximum Gasteiger partial charge on any atom is 0.247 e. The Morgan fingerprint density at radius 2 is 2.15 bits per heavy atom. The molecule has 0 saturated carbocycles. The molecule has 7 heteroatoms. The minimum Gasteiger partial charge on any atom is -0.367 e. The second-order valence-corrected chi connectivity index (χ2v) is 8.58. The first-order valence-corrected chi connectivity index (χ1v) is 10.4. The quantitative estimate of drug-likeness (QED) is 0.606. The zero-order valence-electron chi connectivity index (χ0n) is 15.6. The van der Waals surface area contributed by atoms with Crippen LogP contribution in [0.15, 0.2) is 18.2 Å². The lowest BCUT2D eigenvalue weighted by atomic mass is 9.66. The summed E-state index contributed by atoms with van der Waals surface area (Å²) in [5.41, 5.74) is 0.767. The molecule has 1 spiro atoms. The van der Waals surface area contributed by atoms with E-state index in [1.54, 1.807) is 4.90 Å². The van der Waals surface area contributed by atoms with Crippen LogP contribution in [0.2, 0.25) is 5.02 Å². The van der Waals surface area contributed by atoms with Gasteiger partial charge in [-0.2, -0.15) is 0 Å². The van der Waals surface area contributed by atoms with Crippen LogP contribution in [0.1, 0.15) is 45.1 Å². The first-order valence-electron chi connectivity index (χ1n) is 9.65. The van der Waals surface area contributed by atoms with Crippen LogP contribution >= 0.6 is 23.8 Å². The Morgan fingerprint density at radius 3 is 2.89 bits per heavy atom. The van der Waals surface area contributed by atoms with Crippen molar-refractivity contribution in [2.75, 3.05) is 11.4 Å². The Hall–Kier alpha value is -1.66. The number of nitrogens with zero attached hydrogens (tertiary/aromatic N) is 2. The lowest BCUT2D eigenvalue weighted by Gasteiger charge is -2.55. The van der Waals surface area contributed by atoms with Crippen LogP contribution in [0.4, 0.5) is 5.69 Å². The predicted octanol–water partition coefficient (Wildman–Crippen LogP) is 3.28. The number of carbonyl (C=O) groups excluding carboxylic acids is 2. The van der Waals surface area contributed by atoms with Crippen molar-refractivity contribution in [1.29, 1.82) is 0 Å². The third-order valence-corrected chi connectivity index (χ3v) is 7.06. The molecule has 4 rings (SSSR count). The summed E-state index contributed by atoms with van der Waals surface area (Å²) >= 11 is 11.9. The van der Waals surface area contributed by atoms with Gasteiger partial charge in [-0.1, -0.05) is 24.6 Å². The highest BCUT2D eigenvalue weighted by Crippen LogP contribution is 2.49. The summed E-state index contributed by atoms with van der Waals surface area (Å²) in [7, 11) is 0. The monoisotopic (exact) mass is 405 g/mol. The number of benzene rings is 1. The van der Waals surface area contributed by atoms with Crippen molar-refractivity contribution < 1.29 is 9.59 Å². The van der Waals surface area contributed by atoms with Gasteiger partial charge in [0.25, 0.3) is 0 Å². The molecule has 3 atom stereocenters. The summed E-state index contributed by atoms with van der Waals surface area (Å²) in [5, 5.41) is 3.68. The van der Waals surface area contributed by atoms with E-state index in [0.717, 1.165) is 43.5 Å². The maximum atomic E-state index is 13.8. The third kappa shape index (κ3) is 2.60. The van der Waals surface area contributed by atoms with Crippen molar-refractivity contribution in [3.05, 3.63) is 28.8 Å². The second-order valence-electron chi connectivity index (χ2n) is 7.78. The molecule has 0 bridgehead atoms. The molecule has 1 aromatic rings. The van der Waals surface area contributed by atoms with E-state index in [4.69, 9.17) is 23.8 Å². The number of piperidine rings is 1. The molecule has 3 heterocycles. The van der Waals surface area contributed by atoms with E-state index in [2.05, 4.69) is 16.3 Å². The number of rotatable bonds is 2. The van der Waals surface area contributed by atoms with Gasteiger partial charge in [-0.3, -0.25) is 14.5 Å². The van der Waals surface area contributed by atoms with Gasteiger partial charge in [0.2, 0.25) is 11.8 Å². The fourth-order valence-electron chi connectivity index (χ4n) is 4.83. The molecular weight excluding hydrogens is 382 g/mol. The first-order chi connectivity index (χ1) is 12.9. The zero-order valence-corrected chi connectivity index (χ0v) is 17.2. The number of hydrogen-bond donors (Lipinski definition) is 1. The van der Waals surface area contributed by atoms with Gasteiger partial charge in [0, 0.05) is 29.7 Å². The van der Waals surface area contributed by atoms with Gasteiger partial charge in [-0.05, 0) is 62.5 Å². The van der Waals surface area contributed by atoms with E-state index in [1.165, 1.54) is 0 Å². The molecular formula is C20H24ClN3O2S. The molecule has 2 amide bonds. The van der Waals surface area contributed by atoms with Crippen molar-refractivity contribution in [3.8, 4) is 0 Å². The van der Waals surface area contributed by atoms with Gasteiger partial charge in [0.05, 0.1) is 6.04 Å². The smallest absolute Gasteiger partial charge is 0.247 e. The Labute approximate surface area is 170 Å². The Bertz CT molecular complexity index is 829. The molecule has 27 heavy (non-hydrogen) atoms. The largest absolute Gasteiger partial charge is 0.367 e. The minimum atomic E-state index is -1.18. The van der Waals surface area contributed by atoms with Gasteiger partial charge in [0.1, 0.15) is 0 Å². The maximum absolute atomic E-state index is 13.8. The van der Waals surface area contributed by atoms with E-state index in [1.807, 2.05) is 26.0 Å². The first kappa shape index (κ1) is 18.7. The third-order valence-electron chi connectivity index (χ3n) is 6.41. The average Bonchev–Trinajstić information content (AvgIpc) is 2.66. The number of anilines is 1. The van der Waals surface area contributed by atoms with E-state index < -0.39 is 5.41 Å². The normalized spacial score (nSPS) is 28.7. The Balaban J connectivity index is 1.89. The molecule has 144 valence electrons. The van der Waals surface area contributed by atoms with Crippen molar-refractivity contribution in [1.82, 2.24) is 10.2 Å². The summed E-state index contributed by atoms with van der Waals surface area (Å²) in [4.78, 5) is 31.0. The van der Waals surface area contributed by atoms with Crippen molar-refractivity contribution in [2.45, 2.75) is 58.0 Å². The van der Waals surface area contributed by atoms with Gasteiger partial charge < -0.3 is 10.2 Å². The molecule has 0 aromatic heterocycles. The minimum absolute atomic E-state index is 0.0628. The van der Waals surface area contributed by atoms with Crippen LogP contribution in [0.3, 0.4) is 0 Å². The SMILES string of the molecule is CC[C@H](C)N1C(=O)[C@@]2(Cc3c(Cl)cccc3N3CCCC[C@H]32)C(=O)NC1=S. The fraction of sp³-hybridized carbons (Fsp3) is 0.550. The van der Waals surface area contributed by atoms with Gasteiger partial charge >= 0.3 is 0 Å². The van der Waals surface area contributed by atoms with Crippen molar-refractivity contribution >= 4 is 46.4 Å². The number of fused-ring (bicyclic) bond motifs is 4. The van der Waals surface area contributed by atoms with E-state index in [0.29, 0.717) is 11.4 Å². The summed E-state index contributed by atoms with van der Waals surface area (Å²) in [5.74, 6) is -0.451. The average molecular weight is 406 g/mol. The molecule has 0 aliphatic carbocycles. The molecule has 2 fully saturated rings. The number of carbonyl (C=O) groups is 2. The van der Waals surface area contributed by atoms with E-state index >= 15 is 0 Å². The highest BCUT2D eigenvalue weighted by molar-refractivity contribution is 7.80. The van der Waals surface area contributed by atoms with Gasteiger partial charge in [0.15, 0.2) is 10.5 Å². The second kappa shape index (κ2) is 6.74. The van der Waals surface area contributed by atoms with Gasteiger partial charge in [-0.15, -0.1) is 0 Å². The topological polar surface area (TPSA) is 52.7 Å². The Morgan fingerprint density at radius 1 is 1.37 bits per heavy atom. The molecule has 0 radical (unpaired) electrons. The number of hydrogen-bond acceptors (Lipinski definition) is 4. The number of amides is 2. The van der Waals surface area contributed by atoms with Crippen LogP contribution in [0.5, 0.6) is 0 Å². The molecule has 3 aliphatic heterocycles. The molecule has 1 N–H and O–H groups in total. The number of thiocarbonyl (C=S) groups is 1. The summed E-state index contributed by atoms with van der Waals surface area (Å²) in [6.07, 6.45) is 3.95. The van der Waals surface area contributed by atoms with Crippen LogP contribution in [-0.2, 0) is 16.0 Å². The van der Waals surface area contributed by atoms with E-state index in [-0.39, 0.29) is 29.0 Å². The Kier molecular flexibility index (Phi) is 4.67. The van der Waals surface area contributed by atoms with Crippen molar-refractivity contribution in [2.24, 2.45) is 5.41 Å². The van der Waals surface area contributed by atoms with Crippen molar-refractivity contribution in [3.63, 3.8) is 0 Å². The standard InChI is InChI=1S/C20H24ClN3O2S/c1-3-12(2)24-18(26)20(17(25)22-19(24)27)11-13-14(21)7-6-8-15(13)23-10-5-4-9-16(20)23/h6-8,12,16H,3-5,9-11H2,1-2H3,(H,22,25,27)/t12-,16-,20+/m0/s1. The molecule has 1 aromatic carbocycles. The lowest BCUT2D eigenvalue weighted by molar-refractivity contribution is -0.153. The highest BCUT2D eigenvalue weighted by Gasteiger charge is 2.62. The predicted molar refractivity (Wildman–Crippen MR) is 110 cm³/mol. The van der Waals surface area contributed by atoms with Crippen LogP contribution in [0, 0.1) is 5.41 Å². The molecule has 2 saturated heterocycles. The lowest BCUT2D eigenvalue weighted by Crippen LogP contribution is -2.73. The van der Waals surface area contributed by atoms with Crippen LogP contribution in [-0.4, -0.2) is 40.5 Å². The van der Waals surface area contributed by atoms with E-state index in [9.17, 15) is 9.59 Å². The highest BCUT2D eigenvalue weighted by atomic mass is 35.5. The summed E-state index contributed by atoms with van der Waals surface area (Å²) < 4.78 is 0. The molecule has 0 unspecified atom stereocenters. The molecule has 5 nitrogen and oxygen atoms in total. The fourth-order valence-corrected chi connectivity index (χ4v) is 5.42. The summed E-state index contributed by atoms with van der Waals surface area (Å²) in [6, 6.07) is 5.59. The summed E-state index contributed by atoms with van der Waals surface area (Å²) in [6.45, 7) is 4.81. The van der Waals surface area contributed by atoms with Crippen LogP contribution < -0.4 is 10.2 Å². The van der Waals surface area contributed by atoms with Crippen LogP contribution in [0.25, 0.3) is 0 Å². The van der Waals surface area contributed by atoms with Gasteiger partial charge in [-0.25, -0.2) is 0 Å². The number of nitrogens with one attached hydrogen (secondary N) is 1. The zero-order chi connectivity index (χ0) is 19.3. The number of halogens is 1.